The molecule has 1 N–H and O–H groups in total. The van der Waals surface area contributed by atoms with E-state index in [1.807, 2.05) is 36.6 Å². The van der Waals surface area contributed by atoms with Crippen LogP contribution in [-0.2, 0) is 6.54 Å². The first-order valence-corrected chi connectivity index (χ1v) is 9.87. The van der Waals surface area contributed by atoms with Crippen molar-refractivity contribution in [1.29, 1.82) is 0 Å². The van der Waals surface area contributed by atoms with Gasteiger partial charge in [-0.1, -0.05) is 39.7 Å². The summed E-state index contributed by atoms with van der Waals surface area (Å²) in [5, 5.41) is 7.60. The number of thioether (sulfide) groups is 1. The molecular weight excluding hydrogens is 422 g/mol. The molecule has 0 saturated carbocycles. The normalized spacial score (nSPS) is 10.7. The SMILES string of the molecule is CSc1ccc(Cl)c(C(=O)Nc2ccnn2Cc2ccc(Br)cc2)c1. The Kier molecular flexibility index (Phi) is 5.83. The van der Waals surface area contributed by atoms with Crippen molar-refractivity contribution in [3.8, 4) is 0 Å². The Balaban J connectivity index is 1.79. The summed E-state index contributed by atoms with van der Waals surface area (Å²) in [6.45, 7) is 0.564. The summed E-state index contributed by atoms with van der Waals surface area (Å²) in [6, 6.07) is 15.2. The second kappa shape index (κ2) is 8.08. The maximum Gasteiger partial charge on any atom is 0.258 e. The molecule has 0 radical (unpaired) electrons. The highest BCUT2D eigenvalue weighted by Crippen LogP contribution is 2.24. The highest BCUT2D eigenvalue weighted by atomic mass is 79.9. The summed E-state index contributed by atoms with van der Waals surface area (Å²) in [5.41, 5.74) is 1.54. The van der Waals surface area contributed by atoms with E-state index in [4.69, 9.17) is 11.6 Å². The van der Waals surface area contributed by atoms with Crippen LogP contribution in [0.3, 0.4) is 0 Å². The van der Waals surface area contributed by atoms with E-state index in [9.17, 15) is 4.79 Å². The number of carbonyl (C=O) groups is 1. The minimum absolute atomic E-state index is 0.251. The summed E-state index contributed by atoms with van der Waals surface area (Å²) in [5.74, 6) is 0.372. The first kappa shape index (κ1) is 18.0. The standard InChI is InChI=1S/C18H15BrClN3OS/c1-25-14-6-7-16(20)15(10-14)18(24)22-17-8-9-21-23(17)11-12-2-4-13(19)5-3-12/h2-10H,11H2,1H3,(H,22,24). The summed E-state index contributed by atoms with van der Waals surface area (Å²) in [6.07, 6.45) is 3.62. The molecule has 3 rings (SSSR count). The largest absolute Gasteiger partial charge is 0.307 e. The molecule has 0 spiro atoms. The molecule has 1 aromatic heterocycles. The van der Waals surface area contributed by atoms with Gasteiger partial charge in [0.1, 0.15) is 5.82 Å². The zero-order chi connectivity index (χ0) is 17.8. The van der Waals surface area contributed by atoms with E-state index < -0.39 is 0 Å². The van der Waals surface area contributed by atoms with Gasteiger partial charge in [-0.25, -0.2) is 4.68 Å². The van der Waals surface area contributed by atoms with Gasteiger partial charge >= 0.3 is 0 Å². The average Bonchev–Trinajstić information content (AvgIpc) is 3.04. The number of nitrogens with zero attached hydrogens (tertiary/aromatic N) is 2. The number of hydrogen-bond acceptors (Lipinski definition) is 3. The van der Waals surface area contributed by atoms with Crippen molar-refractivity contribution in [1.82, 2.24) is 9.78 Å². The number of aromatic nitrogens is 2. The molecule has 4 nitrogen and oxygen atoms in total. The lowest BCUT2D eigenvalue weighted by Crippen LogP contribution is -2.16. The van der Waals surface area contributed by atoms with Crippen molar-refractivity contribution >= 4 is 51.0 Å². The third-order valence-electron chi connectivity index (χ3n) is 3.62. The predicted molar refractivity (Wildman–Crippen MR) is 107 cm³/mol. The molecule has 0 aliphatic rings. The molecular formula is C18H15BrClN3OS. The van der Waals surface area contributed by atoms with Gasteiger partial charge in [0.05, 0.1) is 23.3 Å². The first-order chi connectivity index (χ1) is 12.1. The minimum Gasteiger partial charge on any atom is -0.307 e. The fourth-order valence-corrected chi connectivity index (χ4v) is 3.22. The van der Waals surface area contributed by atoms with Crippen LogP contribution >= 0.6 is 39.3 Å². The van der Waals surface area contributed by atoms with Gasteiger partial charge in [-0.05, 0) is 42.2 Å². The van der Waals surface area contributed by atoms with Crippen LogP contribution in [0, 0.1) is 0 Å². The van der Waals surface area contributed by atoms with E-state index in [1.54, 1.807) is 40.8 Å². The Morgan fingerprint density at radius 3 is 2.72 bits per heavy atom. The van der Waals surface area contributed by atoms with E-state index in [2.05, 4.69) is 26.3 Å². The van der Waals surface area contributed by atoms with E-state index >= 15 is 0 Å². The number of halogens is 2. The smallest absolute Gasteiger partial charge is 0.258 e. The molecule has 0 saturated heterocycles. The van der Waals surface area contributed by atoms with Gasteiger partial charge in [0.25, 0.3) is 5.91 Å². The molecule has 1 heterocycles. The van der Waals surface area contributed by atoms with Crippen molar-refractivity contribution in [3.05, 3.63) is 75.4 Å². The first-order valence-electron chi connectivity index (χ1n) is 7.48. The topological polar surface area (TPSA) is 46.9 Å². The second-order valence-electron chi connectivity index (χ2n) is 5.30. The Hall–Kier alpha value is -1.76. The third-order valence-corrected chi connectivity index (χ3v) is 5.21. The molecule has 2 aromatic carbocycles. The lowest BCUT2D eigenvalue weighted by Gasteiger charge is -2.11. The molecule has 3 aromatic rings. The fourth-order valence-electron chi connectivity index (χ4n) is 2.32. The van der Waals surface area contributed by atoms with Crippen LogP contribution in [0.25, 0.3) is 0 Å². The molecule has 0 unspecified atom stereocenters. The van der Waals surface area contributed by atoms with Crippen LogP contribution in [0.5, 0.6) is 0 Å². The minimum atomic E-state index is -0.251. The van der Waals surface area contributed by atoms with Crippen LogP contribution in [0.15, 0.2) is 64.1 Å². The zero-order valence-electron chi connectivity index (χ0n) is 13.4. The van der Waals surface area contributed by atoms with E-state index in [1.165, 1.54) is 0 Å². The Labute approximate surface area is 163 Å². The summed E-state index contributed by atoms with van der Waals surface area (Å²) in [7, 11) is 0. The van der Waals surface area contributed by atoms with Gasteiger partial charge in [0.15, 0.2) is 0 Å². The van der Waals surface area contributed by atoms with Crippen molar-refractivity contribution in [2.45, 2.75) is 11.4 Å². The number of anilines is 1. The molecule has 0 aliphatic carbocycles. The van der Waals surface area contributed by atoms with E-state index in [0.29, 0.717) is 22.9 Å². The number of benzene rings is 2. The number of rotatable bonds is 5. The molecule has 128 valence electrons. The van der Waals surface area contributed by atoms with Crippen LogP contribution in [-0.4, -0.2) is 21.9 Å². The number of nitrogens with one attached hydrogen (secondary N) is 1. The van der Waals surface area contributed by atoms with Crippen LogP contribution < -0.4 is 5.32 Å². The lowest BCUT2D eigenvalue weighted by atomic mass is 10.2. The Morgan fingerprint density at radius 1 is 1.24 bits per heavy atom. The number of amides is 1. The fraction of sp³-hybridized carbons (Fsp3) is 0.111. The second-order valence-corrected chi connectivity index (χ2v) is 7.50. The highest BCUT2D eigenvalue weighted by Gasteiger charge is 2.14. The van der Waals surface area contributed by atoms with Gasteiger partial charge < -0.3 is 5.32 Å². The zero-order valence-corrected chi connectivity index (χ0v) is 16.5. The highest BCUT2D eigenvalue weighted by molar-refractivity contribution is 9.10. The summed E-state index contributed by atoms with van der Waals surface area (Å²) in [4.78, 5) is 13.6. The van der Waals surface area contributed by atoms with Crippen LogP contribution in [0.1, 0.15) is 15.9 Å². The molecule has 25 heavy (non-hydrogen) atoms. The van der Waals surface area contributed by atoms with Crippen molar-refractivity contribution < 1.29 is 4.79 Å². The van der Waals surface area contributed by atoms with Gasteiger partial charge in [-0.15, -0.1) is 11.8 Å². The Bertz CT molecular complexity index is 896. The average molecular weight is 437 g/mol. The molecule has 7 heteroatoms. The lowest BCUT2D eigenvalue weighted by molar-refractivity contribution is 0.102. The third kappa shape index (κ3) is 4.45. The number of hydrogen-bond donors (Lipinski definition) is 1. The quantitative estimate of drug-likeness (QED) is 0.551. The molecule has 0 fully saturated rings. The van der Waals surface area contributed by atoms with Crippen molar-refractivity contribution in [2.24, 2.45) is 0 Å². The number of carbonyl (C=O) groups excluding carboxylic acids is 1. The molecule has 0 atom stereocenters. The van der Waals surface area contributed by atoms with Crippen LogP contribution in [0.4, 0.5) is 5.82 Å². The van der Waals surface area contributed by atoms with Gasteiger partial charge in [0, 0.05) is 15.4 Å². The van der Waals surface area contributed by atoms with Crippen molar-refractivity contribution in [3.63, 3.8) is 0 Å². The van der Waals surface area contributed by atoms with E-state index in [-0.39, 0.29) is 5.91 Å². The van der Waals surface area contributed by atoms with Gasteiger partial charge in [-0.2, -0.15) is 5.10 Å². The summed E-state index contributed by atoms with van der Waals surface area (Å²) < 4.78 is 2.77. The predicted octanol–water partition coefficient (Wildman–Crippen LogP) is 5.32. The maximum absolute atomic E-state index is 12.6. The van der Waals surface area contributed by atoms with E-state index in [0.717, 1.165) is 14.9 Å². The molecule has 0 aliphatic heterocycles. The summed E-state index contributed by atoms with van der Waals surface area (Å²) >= 11 is 11.2. The Morgan fingerprint density at radius 2 is 2.00 bits per heavy atom. The van der Waals surface area contributed by atoms with Crippen LogP contribution in [0.2, 0.25) is 5.02 Å². The van der Waals surface area contributed by atoms with Gasteiger partial charge in [-0.3, -0.25) is 4.79 Å². The molecule has 0 bridgehead atoms. The monoisotopic (exact) mass is 435 g/mol. The maximum atomic E-state index is 12.6. The molecule has 1 amide bonds. The van der Waals surface area contributed by atoms with Gasteiger partial charge in [0.2, 0.25) is 0 Å². The van der Waals surface area contributed by atoms with Crippen molar-refractivity contribution in [2.75, 3.05) is 11.6 Å².